The van der Waals surface area contributed by atoms with Crippen LogP contribution in [0.25, 0.3) is 6.08 Å². The van der Waals surface area contributed by atoms with Gasteiger partial charge in [-0.1, -0.05) is 45.2 Å². The largest absolute Gasteiger partial charge is 0.490 e. The first-order chi connectivity index (χ1) is 17.7. The average molecular weight is 602 g/mol. The van der Waals surface area contributed by atoms with Gasteiger partial charge in [0, 0.05) is 15.2 Å². The third kappa shape index (κ3) is 6.54. The van der Waals surface area contributed by atoms with Crippen LogP contribution in [0, 0.1) is 6.92 Å². The average Bonchev–Trinajstić information content (AvgIpc) is 3.14. The van der Waals surface area contributed by atoms with E-state index in [4.69, 9.17) is 21.1 Å². The summed E-state index contributed by atoms with van der Waals surface area (Å²) in [6.07, 6.45) is 1.61. The van der Waals surface area contributed by atoms with Gasteiger partial charge in [-0.15, -0.1) is 0 Å². The number of hydrogen-bond acceptors (Lipinski definition) is 6. The molecule has 4 rings (SSSR count). The van der Waals surface area contributed by atoms with Gasteiger partial charge in [0.25, 0.3) is 17.1 Å². The third-order valence-corrected chi connectivity index (χ3v) is 7.03. The summed E-state index contributed by atoms with van der Waals surface area (Å²) in [5, 5.41) is 2.89. The quantitative estimate of drug-likeness (QED) is 0.278. The Morgan fingerprint density at radius 1 is 1.05 bits per heavy atom. The second-order valence-electron chi connectivity index (χ2n) is 7.95. The monoisotopic (exact) mass is 600 g/mol. The molecule has 3 aromatic carbocycles. The van der Waals surface area contributed by atoms with E-state index in [1.54, 1.807) is 42.5 Å². The highest BCUT2D eigenvalue weighted by atomic mass is 79.9. The molecular formula is C27H22BrClN2O5S. The third-order valence-electron chi connectivity index (χ3n) is 5.22. The number of amides is 3. The van der Waals surface area contributed by atoms with Crippen molar-refractivity contribution >= 4 is 73.8 Å². The minimum atomic E-state index is -0.435. The van der Waals surface area contributed by atoms with E-state index in [9.17, 15) is 14.4 Å². The number of rotatable bonds is 8. The number of benzene rings is 3. The summed E-state index contributed by atoms with van der Waals surface area (Å²) in [5.74, 6) is 0.00822. The zero-order valence-corrected chi connectivity index (χ0v) is 23.1. The Morgan fingerprint density at radius 3 is 2.41 bits per heavy atom. The lowest BCUT2D eigenvalue weighted by molar-refractivity contribution is -0.118. The van der Waals surface area contributed by atoms with Crippen LogP contribution in [0.5, 0.6) is 11.5 Å². The summed E-state index contributed by atoms with van der Waals surface area (Å²) < 4.78 is 12.1. The predicted octanol–water partition coefficient (Wildman–Crippen LogP) is 7.07. The van der Waals surface area contributed by atoms with Crippen molar-refractivity contribution in [3.8, 4) is 11.5 Å². The zero-order valence-electron chi connectivity index (χ0n) is 19.9. The minimum absolute atomic E-state index is 0.223. The van der Waals surface area contributed by atoms with Crippen molar-refractivity contribution in [2.24, 2.45) is 0 Å². The van der Waals surface area contributed by atoms with Crippen molar-refractivity contribution in [1.82, 2.24) is 0 Å². The van der Waals surface area contributed by atoms with E-state index in [0.29, 0.717) is 44.5 Å². The summed E-state index contributed by atoms with van der Waals surface area (Å²) in [6.45, 7) is 3.93. The van der Waals surface area contributed by atoms with Gasteiger partial charge in [0.15, 0.2) is 18.1 Å². The number of carbonyl (C=O) groups is 3. The molecule has 37 heavy (non-hydrogen) atoms. The number of nitrogens with one attached hydrogen (secondary N) is 1. The highest BCUT2D eigenvalue weighted by Crippen LogP contribution is 2.39. The van der Waals surface area contributed by atoms with Gasteiger partial charge in [-0.05, 0) is 85.8 Å². The molecule has 0 unspecified atom stereocenters. The van der Waals surface area contributed by atoms with Gasteiger partial charge in [-0.3, -0.25) is 14.4 Å². The van der Waals surface area contributed by atoms with Gasteiger partial charge < -0.3 is 14.8 Å². The van der Waals surface area contributed by atoms with Crippen LogP contribution < -0.4 is 19.7 Å². The molecular weight excluding hydrogens is 580 g/mol. The fourth-order valence-corrected chi connectivity index (χ4v) is 4.84. The normalized spacial score (nSPS) is 14.3. The van der Waals surface area contributed by atoms with E-state index in [-0.39, 0.29) is 17.4 Å². The van der Waals surface area contributed by atoms with Gasteiger partial charge in [-0.25, -0.2) is 4.90 Å². The number of hydrogen-bond donors (Lipinski definition) is 1. The smallest absolute Gasteiger partial charge is 0.298 e. The molecule has 190 valence electrons. The van der Waals surface area contributed by atoms with Crippen LogP contribution in [0.4, 0.5) is 16.2 Å². The molecule has 3 aromatic rings. The maximum atomic E-state index is 13.0. The number of ether oxygens (including phenoxy) is 2. The Hall–Kier alpha value is -3.27. The van der Waals surface area contributed by atoms with Crippen LogP contribution in [-0.4, -0.2) is 30.3 Å². The summed E-state index contributed by atoms with van der Waals surface area (Å²) >= 11 is 10.3. The van der Waals surface area contributed by atoms with Crippen LogP contribution in [0.3, 0.4) is 0 Å². The summed E-state index contributed by atoms with van der Waals surface area (Å²) in [6, 6.07) is 17.3. The molecule has 0 spiro atoms. The lowest BCUT2D eigenvalue weighted by Gasteiger charge is -2.14. The molecule has 1 fully saturated rings. The number of carbonyl (C=O) groups excluding carboxylic acids is 3. The van der Waals surface area contributed by atoms with Gasteiger partial charge in [-0.2, -0.15) is 0 Å². The topological polar surface area (TPSA) is 84.9 Å². The van der Waals surface area contributed by atoms with Crippen LogP contribution >= 0.6 is 39.3 Å². The minimum Gasteiger partial charge on any atom is -0.490 e. The second-order valence-corrected chi connectivity index (χ2v) is 10.2. The van der Waals surface area contributed by atoms with Crippen molar-refractivity contribution in [1.29, 1.82) is 0 Å². The van der Waals surface area contributed by atoms with Crippen molar-refractivity contribution < 1.29 is 23.9 Å². The van der Waals surface area contributed by atoms with E-state index in [2.05, 4.69) is 21.2 Å². The lowest BCUT2D eigenvalue weighted by atomic mass is 10.1. The molecule has 3 amide bonds. The fraction of sp³-hybridized carbons (Fsp3) is 0.148. The number of aryl methyl sites for hydroxylation is 1. The van der Waals surface area contributed by atoms with Crippen molar-refractivity contribution in [3.63, 3.8) is 0 Å². The highest BCUT2D eigenvalue weighted by Gasteiger charge is 2.36. The van der Waals surface area contributed by atoms with E-state index in [0.717, 1.165) is 22.2 Å². The molecule has 0 bridgehead atoms. The lowest BCUT2D eigenvalue weighted by Crippen LogP contribution is -2.27. The highest BCUT2D eigenvalue weighted by molar-refractivity contribution is 9.10. The molecule has 0 aliphatic carbocycles. The fourth-order valence-electron chi connectivity index (χ4n) is 3.44. The van der Waals surface area contributed by atoms with E-state index >= 15 is 0 Å². The summed E-state index contributed by atoms with van der Waals surface area (Å²) in [5.41, 5.74) is 2.82. The molecule has 7 nitrogen and oxygen atoms in total. The van der Waals surface area contributed by atoms with Crippen molar-refractivity contribution in [2.75, 3.05) is 23.4 Å². The number of anilines is 2. The van der Waals surface area contributed by atoms with E-state index < -0.39 is 11.1 Å². The molecule has 1 aliphatic rings. The van der Waals surface area contributed by atoms with Crippen molar-refractivity contribution in [3.05, 3.63) is 86.2 Å². The standard InChI is InChI=1S/C27H22BrClN2O5S/c1-3-35-22-12-17(13-24-26(33)31(27(34)37-24)20-10-6-18(29)7-11-20)21(28)14-23(22)36-15-25(32)30-19-8-4-16(2)5-9-19/h4-14H,3,15H2,1-2H3,(H,30,32)/b24-13+. The van der Waals surface area contributed by atoms with Crippen LogP contribution in [-0.2, 0) is 9.59 Å². The van der Waals surface area contributed by atoms with Gasteiger partial charge >= 0.3 is 0 Å². The molecule has 0 aromatic heterocycles. The Kier molecular flexibility index (Phi) is 8.58. The van der Waals surface area contributed by atoms with Crippen molar-refractivity contribution in [2.45, 2.75) is 13.8 Å². The first-order valence-electron chi connectivity index (χ1n) is 11.2. The molecule has 0 atom stereocenters. The van der Waals surface area contributed by atoms with Crippen LogP contribution in [0.1, 0.15) is 18.1 Å². The van der Waals surface area contributed by atoms with Gasteiger partial charge in [0.05, 0.1) is 17.2 Å². The molecule has 1 aliphatic heterocycles. The number of thioether (sulfide) groups is 1. The Balaban J connectivity index is 1.51. The number of halogens is 2. The molecule has 10 heteroatoms. The first-order valence-corrected chi connectivity index (χ1v) is 13.2. The predicted molar refractivity (Wildman–Crippen MR) is 151 cm³/mol. The molecule has 1 N–H and O–H groups in total. The second kappa shape index (κ2) is 11.9. The van der Waals surface area contributed by atoms with E-state index in [1.807, 2.05) is 38.1 Å². The van der Waals surface area contributed by atoms with Crippen LogP contribution in [0.15, 0.2) is 70.0 Å². The van der Waals surface area contributed by atoms with E-state index in [1.165, 1.54) is 0 Å². The number of imide groups is 1. The van der Waals surface area contributed by atoms with Gasteiger partial charge in [0.2, 0.25) is 0 Å². The molecule has 0 radical (unpaired) electrons. The maximum absolute atomic E-state index is 13.0. The van der Waals surface area contributed by atoms with Gasteiger partial charge in [0.1, 0.15) is 0 Å². The Bertz CT molecular complexity index is 1380. The van der Waals surface area contributed by atoms with Crippen LogP contribution in [0.2, 0.25) is 5.02 Å². The zero-order chi connectivity index (χ0) is 26.5. The number of nitrogens with zero attached hydrogens (tertiary/aromatic N) is 1. The maximum Gasteiger partial charge on any atom is 0.298 e. The summed E-state index contributed by atoms with van der Waals surface area (Å²) in [7, 11) is 0. The molecule has 0 saturated carbocycles. The SMILES string of the molecule is CCOc1cc(/C=C2/SC(=O)N(c3ccc(Cl)cc3)C2=O)c(Br)cc1OCC(=O)Nc1ccc(C)cc1. The Labute approximate surface area is 231 Å². The molecule has 1 saturated heterocycles. The first kappa shape index (κ1) is 26.8. The molecule has 1 heterocycles. The Morgan fingerprint density at radius 2 is 1.73 bits per heavy atom. The summed E-state index contributed by atoms with van der Waals surface area (Å²) in [4.78, 5) is 39.3.